The van der Waals surface area contributed by atoms with Crippen molar-refractivity contribution in [1.82, 2.24) is 4.48 Å². The zero-order chi connectivity index (χ0) is 21.6. The van der Waals surface area contributed by atoms with Gasteiger partial charge in [0.15, 0.2) is 0 Å². The van der Waals surface area contributed by atoms with Gasteiger partial charge >= 0.3 is 0 Å². The minimum atomic E-state index is -0.0826. The van der Waals surface area contributed by atoms with E-state index < -0.39 is 0 Å². The third kappa shape index (κ3) is 3.89. The summed E-state index contributed by atoms with van der Waals surface area (Å²) >= 11 is 0. The van der Waals surface area contributed by atoms with Crippen molar-refractivity contribution in [3.05, 3.63) is 88.0 Å². The summed E-state index contributed by atoms with van der Waals surface area (Å²) in [5, 5.41) is 0. The maximum absolute atomic E-state index is 2.37. The second-order valence-corrected chi connectivity index (χ2v) is 9.88. The van der Waals surface area contributed by atoms with Crippen LogP contribution in [0.3, 0.4) is 0 Å². The number of hydrogen-bond donors (Lipinski definition) is 0. The average Bonchev–Trinajstić information content (AvgIpc) is 2.51. The normalized spacial score (nSPS) is 12.3. The minimum Gasteiger partial charge on any atom is -0.222 e. The Bertz CT molecular complexity index is 864. The van der Waals surface area contributed by atoms with Crippen molar-refractivity contribution >= 4 is 17.1 Å². The van der Waals surface area contributed by atoms with Crippen LogP contribution in [0.15, 0.2) is 54.6 Å². The molecule has 152 valence electrons. The fraction of sp³-hybridized carbons (Fsp3) is 0.357. The number of quaternary nitrogens is 1. The molecule has 0 bridgehead atoms. The quantitative estimate of drug-likeness (QED) is 0.397. The van der Waals surface area contributed by atoms with Crippen molar-refractivity contribution in [1.29, 1.82) is 0 Å². The van der Waals surface area contributed by atoms with E-state index in [2.05, 4.69) is 117 Å². The zero-order valence-electron chi connectivity index (χ0n) is 19.6. The smallest absolute Gasteiger partial charge is 0.143 e. The van der Waals surface area contributed by atoms with Crippen LogP contribution in [0.1, 0.15) is 54.2 Å². The van der Waals surface area contributed by atoms with Crippen LogP contribution >= 0.6 is 0 Å². The van der Waals surface area contributed by atoms with Gasteiger partial charge in [-0.05, 0) is 95.7 Å². The molecule has 3 aromatic carbocycles. The zero-order valence-corrected chi connectivity index (χ0v) is 19.6. The molecule has 0 aliphatic heterocycles. The highest BCUT2D eigenvalue weighted by Gasteiger charge is 2.47. The lowest BCUT2D eigenvalue weighted by Crippen LogP contribution is -2.54. The Kier molecular flexibility index (Phi) is 5.49. The molecule has 0 aromatic heterocycles. The van der Waals surface area contributed by atoms with Crippen molar-refractivity contribution in [2.75, 3.05) is 0 Å². The summed E-state index contributed by atoms with van der Waals surface area (Å²) in [7, 11) is 0. The molecule has 0 fully saturated rings. The fourth-order valence-corrected chi connectivity index (χ4v) is 5.04. The Balaban J connectivity index is 2.56. The van der Waals surface area contributed by atoms with Crippen LogP contribution in [0.5, 0.6) is 0 Å². The molecule has 0 spiro atoms. The van der Waals surface area contributed by atoms with E-state index in [4.69, 9.17) is 0 Å². The molecular weight excluding hydrogens is 350 g/mol. The van der Waals surface area contributed by atoms with Gasteiger partial charge in [0.2, 0.25) is 0 Å². The van der Waals surface area contributed by atoms with Gasteiger partial charge in [-0.25, -0.2) is 4.48 Å². The molecule has 1 nitrogen and oxygen atoms in total. The lowest BCUT2D eigenvalue weighted by Gasteiger charge is -2.48. The van der Waals surface area contributed by atoms with Crippen molar-refractivity contribution in [3.8, 4) is 0 Å². The summed E-state index contributed by atoms with van der Waals surface area (Å²) in [6, 6.07) is 21.0. The molecule has 3 rings (SSSR count). The first kappa shape index (κ1) is 21.3. The van der Waals surface area contributed by atoms with Crippen LogP contribution in [0.2, 0.25) is 0 Å². The standard InChI is InChI=1S/C28H36N/c1-19-10-20(2)14-25(13-19)29(28(7,8)9,26-15-21(3)11-22(4)16-26)27-17-23(5)12-24(6)18-27/h10-18H,1-9H3/q+1. The molecule has 0 amide bonds. The first-order valence-electron chi connectivity index (χ1n) is 10.6. The van der Waals surface area contributed by atoms with Crippen LogP contribution in [-0.4, -0.2) is 5.54 Å². The van der Waals surface area contributed by atoms with E-state index in [0.717, 1.165) is 0 Å². The van der Waals surface area contributed by atoms with Crippen LogP contribution in [0, 0.1) is 41.5 Å². The number of nitrogens with zero attached hydrogens (tertiary/aromatic N) is 1. The van der Waals surface area contributed by atoms with Gasteiger partial charge < -0.3 is 0 Å². The molecule has 0 heterocycles. The first-order valence-corrected chi connectivity index (χ1v) is 10.6. The van der Waals surface area contributed by atoms with E-state index in [1.54, 1.807) is 0 Å². The number of benzene rings is 3. The van der Waals surface area contributed by atoms with Crippen molar-refractivity contribution in [3.63, 3.8) is 0 Å². The maximum atomic E-state index is 2.37. The van der Waals surface area contributed by atoms with Gasteiger partial charge in [0.05, 0.1) is 0 Å². The summed E-state index contributed by atoms with van der Waals surface area (Å²) in [6.45, 7) is 20.3. The topological polar surface area (TPSA) is 0 Å². The van der Waals surface area contributed by atoms with E-state index in [0.29, 0.717) is 4.48 Å². The summed E-state index contributed by atoms with van der Waals surface area (Å²) in [4.78, 5) is 0. The predicted molar refractivity (Wildman–Crippen MR) is 129 cm³/mol. The van der Waals surface area contributed by atoms with E-state index in [9.17, 15) is 0 Å². The second-order valence-electron chi connectivity index (χ2n) is 9.88. The van der Waals surface area contributed by atoms with E-state index in [1.165, 1.54) is 50.4 Å². The molecule has 0 atom stereocenters. The molecule has 1 heteroatoms. The van der Waals surface area contributed by atoms with Gasteiger partial charge in [-0.15, -0.1) is 0 Å². The van der Waals surface area contributed by atoms with Crippen LogP contribution in [-0.2, 0) is 0 Å². The van der Waals surface area contributed by atoms with Crippen LogP contribution in [0.4, 0.5) is 17.1 Å². The molecule has 0 N–H and O–H groups in total. The molecule has 3 aromatic rings. The fourth-order valence-electron chi connectivity index (χ4n) is 5.04. The SMILES string of the molecule is Cc1cc(C)cc([N+](c2cc(C)cc(C)c2)(c2cc(C)cc(C)c2)C(C)(C)C)c1. The van der Waals surface area contributed by atoms with Crippen molar-refractivity contribution in [2.24, 2.45) is 0 Å². The highest BCUT2D eigenvalue weighted by molar-refractivity contribution is 5.75. The van der Waals surface area contributed by atoms with Gasteiger partial charge in [-0.1, -0.05) is 18.2 Å². The van der Waals surface area contributed by atoms with Gasteiger partial charge in [-0.3, -0.25) is 0 Å². The highest BCUT2D eigenvalue weighted by Crippen LogP contribution is 2.51. The third-order valence-corrected chi connectivity index (χ3v) is 5.79. The second kappa shape index (κ2) is 7.46. The lowest BCUT2D eigenvalue weighted by atomic mass is 9.92. The van der Waals surface area contributed by atoms with Crippen LogP contribution in [0.25, 0.3) is 0 Å². The summed E-state index contributed by atoms with van der Waals surface area (Å²) in [5.41, 5.74) is 11.7. The summed E-state index contributed by atoms with van der Waals surface area (Å²) in [5.74, 6) is 0. The monoisotopic (exact) mass is 386 g/mol. The number of aryl methyl sites for hydroxylation is 6. The maximum Gasteiger partial charge on any atom is 0.143 e. The number of rotatable bonds is 3. The predicted octanol–water partition coefficient (Wildman–Crippen LogP) is 8.31. The molecule has 0 aliphatic carbocycles. The number of hydrogen-bond acceptors (Lipinski definition) is 0. The molecule has 29 heavy (non-hydrogen) atoms. The minimum absolute atomic E-state index is 0.0826. The molecule has 0 radical (unpaired) electrons. The van der Waals surface area contributed by atoms with E-state index >= 15 is 0 Å². The Morgan fingerprint density at radius 1 is 0.414 bits per heavy atom. The first-order chi connectivity index (χ1) is 13.4. The molecular formula is C28H36N+. The largest absolute Gasteiger partial charge is 0.222 e. The Labute approximate surface area is 177 Å². The third-order valence-electron chi connectivity index (χ3n) is 5.79. The Hall–Kier alpha value is -2.38. The Morgan fingerprint density at radius 3 is 0.793 bits per heavy atom. The van der Waals surface area contributed by atoms with E-state index in [1.807, 2.05) is 0 Å². The van der Waals surface area contributed by atoms with Gasteiger partial charge in [0.25, 0.3) is 0 Å². The summed E-state index contributed by atoms with van der Waals surface area (Å²) < 4.78 is 0.695. The van der Waals surface area contributed by atoms with Gasteiger partial charge in [-0.2, -0.15) is 0 Å². The molecule has 0 saturated heterocycles. The van der Waals surface area contributed by atoms with Crippen molar-refractivity contribution in [2.45, 2.75) is 67.9 Å². The average molecular weight is 387 g/mol. The molecule has 0 unspecified atom stereocenters. The lowest BCUT2D eigenvalue weighted by molar-refractivity contribution is 0.296. The highest BCUT2D eigenvalue weighted by atomic mass is 15.4. The van der Waals surface area contributed by atoms with Crippen LogP contribution < -0.4 is 4.48 Å². The summed E-state index contributed by atoms with van der Waals surface area (Å²) in [6.07, 6.45) is 0. The Morgan fingerprint density at radius 2 is 0.621 bits per heavy atom. The molecule has 0 aliphatic rings. The van der Waals surface area contributed by atoms with Gasteiger partial charge in [0, 0.05) is 36.4 Å². The van der Waals surface area contributed by atoms with Crippen molar-refractivity contribution < 1.29 is 0 Å². The van der Waals surface area contributed by atoms with Gasteiger partial charge in [0.1, 0.15) is 22.6 Å². The van der Waals surface area contributed by atoms with E-state index in [-0.39, 0.29) is 5.54 Å². The molecule has 0 saturated carbocycles.